The molecule has 0 radical (unpaired) electrons. The molecule has 23 heavy (non-hydrogen) atoms. The number of halogens is 4. The van der Waals surface area contributed by atoms with E-state index in [4.69, 9.17) is 5.73 Å². The van der Waals surface area contributed by atoms with Crippen LogP contribution < -0.4 is 10.5 Å². The van der Waals surface area contributed by atoms with Crippen molar-refractivity contribution in [3.8, 4) is 5.75 Å². The topological polar surface area (TPSA) is 66.0 Å². The van der Waals surface area contributed by atoms with E-state index in [0.717, 1.165) is 5.82 Å². The van der Waals surface area contributed by atoms with Crippen LogP contribution in [0.15, 0.2) is 29.4 Å². The molecule has 1 heterocycles. The monoisotopic (exact) mass is 368 g/mol. The van der Waals surface area contributed by atoms with E-state index in [-0.39, 0.29) is 18.2 Å². The van der Waals surface area contributed by atoms with Gasteiger partial charge in [-0.3, -0.25) is 0 Å². The summed E-state index contributed by atoms with van der Waals surface area (Å²) in [5, 5.41) is 8.75. The smallest absolute Gasteiger partial charge is 0.406 e. The second-order valence-electron chi connectivity index (χ2n) is 4.48. The number of aromatic nitrogens is 3. The molecule has 0 amide bonds. The molecule has 0 unspecified atom stereocenters. The molecular formula is C13H16ClF3N4OS. The Balaban J connectivity index is 0.00000264. The third-order valence-electron chi connectivity index (χ3n) is 2.79. The summed E-state index contributed by atoms with van der Waals surface area (Å²) in [6.07, 6.45) is -4.06. The normalized spacial score (nSPS) is 11.2. The van der Waals surface area contributed by atoms with E-state index >= 15 is 0 Å². The van der Waals surface area contributed by atoms with Crippen molar-refractivity contribution in [3.05, 3.63) is 35.7 Å². The summed E-state index contributed by atoms with van der Waals surface area (Å²) in [5.74, 6) is 1.01. The maximum atomic E-state index is 12.2. The summed E-state index contributed by atoms with van der Waals surface area (Å²) in [6, 6.07) is 5.88. The summed E-state index contributed by atoms with van der Waals surface area (Å²) >= 11 is 1.39. The standard InChI is InChI=1S/C13H15F3N4OS.ClH/c1-20-11(5-6-17)18-19-12(20)22-8-9-3-2-4-10(7-9)21-13(14,15)16;/h2-4,7H,5-6,8,17H2,1H3;1H. The highest BCUT2D eigenvalue weighted by Crippen LogP contribution is 2.26. The quantitative estimate of drug-likeness (QED) is 0.794. The summed E-state index contributed by atoms with van der Waals surface area (Å²) in [7, 11) is 1.83. The number of thioether (sulfide) groups is 1. The predicted octanol–water partition coefficient (Wildman–Crippen LogP) is 2.93. The third-order valence-corrected chi connectivity index (χ3v) is 3.88. The molecule has 2 rings (SSSR count). The van der Waals surface area contributed by atoms with Gasteiger partial charge < -0.3 is 15.0 Å². The first-order valence-electron chi connectivity index (χ1n) is 6.45. The van der Waals surface area contributed by atoms with Crippen molar-refractivity contribution in [2.75, 3.05) is 6.54 Å². The van der Waals surface area contributed by atoms with Crippen LogP contribution in [0.4, 0.5) is 13.2 Å². The Kier molecular flexibility index (Phi) is 7.17. The van der Waals surface area contributed by atoms with Gasteiger partial charge in [-0.25, -0.2) is 0 Å². The number of ether oxygens (including phenoxy) is 1. The molecule has 0 aliphatic rings. The molecule has 0 bridgehead atoms. The molecule has 0 saturated heterocycles. The van der Waals surface area contributed by atoms with Gasteiger partial charge in [0.2, 0.25) is 0 Å². The first kappa shape index (κ1) is 19.6. The van der Waals surface area contributed by atoms with Crippen LogP contribution in [0.25, 0.3) is 0 Å². The maximum absolute atomic E-state index is 12.2. The minimum absolute atomic E-state index is 0. The molecule has 2 N–H and O–H groups in total. The number of rotatable bonds is 6. The van der Waals surface area contributed by atoms with E-state index in [2.05, 4.69) is 14.9 Å². The van der Waals surface area contributed by atoms with Gasteiger partial charge in [0.25, 0.3) is 0 Å². The van der Waals surface area contributed by atoms with Crippen LogP contribution in [-0.4, -0.2) is 27.7 Å². The Labute approximate surface area is 141 Å². The van der Waals surface area contributed by atoms with Gasteiger partial charge in [0.15, 0.2) is 5.16 Å². The van der Waals surface area contributed by atoms with E-state index in [1.807, 2.05) is 11.6 Å². The second-order valence-corrected chi connectivity index (χ2v) is 5.42. The molecule has 10 heteroatoms. The molecular weight excluding hydrogens is 353 g/mol. The zero-order valence-corrected chi connectivity index (χ0v) is 13.8. The van der Waals surface area contributed by atoms with Crippen molar-refractivity contribution in [1.29, 1.82) is 0 Å². The van der Waals surface area contributed by atoms with E-state index in [1.54, 1.807) is 6.07 Å². The first-order valence-corrected chi connectivity index (χ1v) is 7.43. The first-order chi connectivity index (χ1) is 10.4. The molecule has 2 aromatic rings. The van der Waals surface area contributed by atoms with Crippen LogP contribution >= 0.6 is 24.2 Å². The van der Waals surface area contributed by atoms with Crippen molar-refractivity contribution in [3.63, 3.8) is 0 Å². The lowest BCUT2D eigenvalue weighted by molar-refractivity contribution is -0.274. The second kappa shape index (κ2) is 8.42. The van der Waals surface area contributed by atoms with E-state index in [0.29, 0.717) is 29.4 Å². The van der Waals surface area contributed by atoms with Crippen molar-refractivity contribution in [1.82, 2.24) is 14.8 Å². The van der Waals surface area contributed by atoms with Gasteiger partial charge in [-0.05, 0) is 24.2 Å². The van der Waals surface area contributed by atoms with Crippen LogP contribution in [0.2, 0.25) is 0 Å². The summed E-state index contributed by atoms with van der Waals surface area (Å²) in [4.78, 5) is 0. The number of nitrogens with two attached hydrogens (primary N) is 1. The van der Waals surface area contributed by atoms with Gasteiger partial charge in [-0.1, -0.05) is 23.9 Å². The lowest BCUT2D eigenvalue weighted by Crippen LogP contribution is -2.17. The molecule has 0 fully saturated rings. The van der Waals surface area contributed by atoms with Crippen molar-refractivity contribution < 1.29 is 17.9 Å². The molecule has 128 valence electrons. The number of nitrogens with zero attached hydrogens (tertiary/aromatic N) is 3. The number of alkyl halides is 3. The molecule has 1 aromatic carbocycles. The Morgan fingerprint density at radius 3 is 2.70 bits per heavy atom. The fraction of sp³-hybridized carbons (Fsp3) is 0.385. The van der Waals surface area contributed by atoms with E-state index in [9.17, 15) is 13.2 Å². The zero-order chi connectivity index (χ0) is 16.2. The van der Waals surface area contributed by atoms with Crippen LogP contribution in [0, 0.1) is 0 Å². The number of hydrogen-bond acceptors (Lipinski definition) is 5. The lowest BCUT2D eigenvalue weighted by Gasteiger charge is -2.10. The zero-order valence-electron chi connectivity index (χ0n) is 12.2. The molecule has 0 atom stereocenters. The SMILES string of the molecule is Cl.Cn1c(CCN)nnc1SCc1cccc(OC(F)(F)F)c1. The minimum Gasteiger partial charge on any atom is -0.406 e. The van der Waals surface area contributed by atoms with Crippen LogP contribution in [0.1, 0.15) is 11.4 Å². The van der Waals surface area contributed by atoms with Crippen molar-refractivity contribution >= 4 is 24.2 Å². The molecule has 5 nitrogen and oxygen atoms in total. The van der Waals surface area contributed by atoms with Crippen molar-refractivity contribution in [2.24, 2.45) is 12.8 Å². The van der Waals surface area contributed by atoms with Gasteiger partial charge in [0.1, 0.15) is 11.6 Å². The third kappa shape index (κ3) is 5.92. The molecule has 0 spiro atoms. The van der Waals surface area contributed by atoms with Gasteiger partial charge in [0, 0.05) is 19.2 Å². The lowest BCUT2D eigenvalue weighted by atomic mass is 10.2. The molecule has 1 aromatic heterocycles. The van der Waals surface area contributed by atoms with E-state index < -0.39 is 6.36 Å². The van der Waals surface area contributed by atoms with Gasteiger partial charge in [0.05, 0.1) is 0 Å². The summed E-state index contributed by atoms with van der Waals surface area (Å²) in [5.41, 5.74) is 6.18. The minimum atomic E-state index is -4.69. The highest BCUT2D eigenvalue weighted by molar-refractivity contribution is 7.98. The van der Waals surface area contributed by atoms with E-state index in [1.165, 1.54) is 30.0 Å². The Morgan fingerprint density at radius 2 is 2.04 bits per heavy atom. The highest BCUT2D eigenvalue weighted by Gasteiger charge is 2.31. The highest BCUT2D eigenvalue weighted by atomic mass is 35.5. The summed E-state index contributed by atoms with van der Waals surface area (Å²) < 4.78 is 42.3. The molecule has 0 saturated carbocycles. The maximum Gasteiger partial charge on any atom is 0.573 e. The predicted molar refractivity (Wildman–Crippen MR) is 83.7 cm³/mol. The van der Waals surface area contributed by atoms with Crippen LogP contribution in [-0.2, 0) is 19.2 Å². The van der Waals surface area contributed by atoms with Gasteiger partial charge in [-0.2, -0.15) is 0 Å². The number of hydrogen-bond donors (Lipinski definition) is 1. The average molecular weight is 369 g/mol. The largest absolute Gasteiger partial charge is 0.573 e. The van der Waals surface area contributed by atoms with Crippen molar-refractivity contribution in [2.45, 2.75) is 23.7 Å². The Hall–Kier alpha value is -1.45. The fourth-order valence-electron chi connectivity index (χ4n) is 1.80. The average Bonchev–Trinajstić information content (AvgIpc) is 2.77. The molecule has 0 aliphatic carbocycles. The number of benzene rings is 1. The Bertz CT molecular complexity index is 636. The van der Waals surface area contributed by atoms with Crippen LogP contribution in [0.5, 0.6) is 5.75 Å². The Morgan fingerprint density at radius 1 is 1.30 bits per heavy atom. The van der Waals surface area contributed by atoms with Gasteiger partial charge >= 0.3 is 6.36 Å². The van der Waals surface area contributed by atoms with Crippen LogP contribution in [0.3, 0.4) is 0 Å². The fourth-order valence-corrected chi connectivity index (χ4v) is 2.67. The van der Waals surface area contributed by atoms with Gasteiger partial charge in [-0.15, -0.1) is 35.8 Å². The molecule has 0 aliphatic heterocycles. The summed E-state index contributed by atoms with van der Waals surface area (Å²) in [6.45, 7) is 0.480.